The molecule has 266 valence electrons. The molecule has 11 nitrogen and oxygen atoms in total. The van der Waals surface area contributed by atoms with E-state index in [0.717, 1.165) is 40.2 Å². The molecule has 1 aromatic rings. The van der Waals surface area contributed by atoms with Crippen LogP contribution in [-0.4, -0.2) is 88.3 Å². The average molecular weight is 814 g/mol. The van der Waals surface area contributed by atoms with Crippen molar-refractivity contribution in [2.75, 3.05) is 26.2 Å². The number of aliphatic carboxylic acids is 2. The summed E-state index contributed by atoms with van der Waals surface area (Å²) in [6.45, 7) is 1.56. The topological polar surface area (TPSA) is 184 Å². The van der Waals surface area contributed by atoms with E-state index in [1.54, 1.807) is 0 Å². The maximum absolute atomic E-state index is 14.1. The molecule has 1 saturated carbocycles. The van der Waals surface area contributed by atoms with Gasteiger partial charge in [-0.25, -0.2) is 14.4 Å². The number of carbonyl (C=O) groups excluding carboxylic acids is 3. The van der Waals surface area contributed by atoms with Crippen molar-refractivity contribution in [1.29, 1.82) is 0 Å². The van der Waals surface area contributed by atoms with Crippen molar-refractivity contribution in [2.45, 2.75) is 70.1 Å². The maximum Gasteiger partial charge on any atom is 0.490 e. The van der Waals surface area contributed by atoms with Gasteiger partial charge >= 0.3 is 30.3 Å². The van der Waals surface area contributed by atoms with E-state index in [-0.39, 0.29) is 37.2 Å². The summed E-state index contributed by atoms with van der Waals surface area (Å²) in [7, 11) is 0. The quantitative estimate of drug-likeness (QED) is 0.128. The lowest BCUT2D eigenvalue weighted by Gasteiger charge is -2.47. The molecule has 3 rings (SSSR count). The Bertz CT molecular complexity index is 1180. The number of alkyl halides is 6. The Balaban J connectivity index is 0.000000658. The fraction of sp³-hybridized carbons (Fsp3) is 0.607. The number of halogens is 8. The molecule has 0 aromatic heterocycles. The summed E-state index contributed by atoms with van der Waals surface area (Å²) in [6.07, 6.45) is -3.60. The van der Waals surface area contributed by atoms with Gasteiger partial charge in [0.15, 0.2) is 0 Å². The first-order valence-electron chi connectivity index (χ1n) is 14.4. The fourth-order valence-electron chi connectivity index (χ4n) is 5.21. The van der Waals surface area contributed by atoms with Crippen LogP contribution in [0.4, 0.5) is 31.1 Å². The lowest BCUT2D eigenvalue weighted by atomic mass is 9.67. The predicted octanol–water partition coefficient (Wildman–Crippen LogP) is 5.47. The minimum atomic E-state index is -5.08. The van der Waals surface area contributed by atoms with Crippen LogP contribution in [0.15, 0.2) is 27.1 Å². The summed E-state index contributed by atoms with van der Waals surface area (Å²) in [5, 5.41) is 14.2. The summed E-state index contributed by atoms with van der Waals surface area (Å²) in [5.74, 6) is -6.28. The first-order valence-corrected chi connectivity index (χ1v) is 16.0. The van der Waals surface area contributed by atoms with Crippen molar-refractivity contribution >= 4 is 61.6 Å². The van der Waals surface area contributed by atoms with Gasteiger partial charge in [-0.2, -0.15) is 26.3 Å². The number of nitrogens with two attached hydrogens (primary N) is 2. The zero-order valence-corrected chi connectivity index (χ0v) is 28.2. The summed E-state index contributed by atoms with van der Waals surface area (Å²) < 4.78 is 65.2. The summed E-state index contributed by atoms with van der Waals surface area (Å²) in [4.78, 5) is 61.9. The minimum absolute atomic E-state index is 0.0858. The zero-order chi connectivity index (χ0) is 36.2. The summed E-state index contributed by atoms with van der Waals surface area (Å²) in [6, 6.07) is 5.34. The number of carboxylic acid groups (broad SMARTS) is 2. The molecule has 1 saturated heterocycles. The van der Waals surface area contributed by atoms with Crippen LogP contribution in [0.5, 0.6) is 0 Å². The number of hydrogen-bond donors (Lipinski definition) is 4. The third-order valence-electron chi connectivity index (χ3n) is 7.33. The van der Waals surface area contributed by atoms with E-state index in [1.807, 2.05) is 18.2 Å². The first kappa shape index (κ1) is 42.3. The van der Waals surface area contributed by atoms with Crippen molar-refractivity contribution in [3.63, 3.8) is 0 Å². The molecular formula is C28H36Br2F6N4O7. The second-order valence-corrected chi connectivity index (χ2v) is 12.5. The molecule has 0 unspecified atom stereocenters. The van der Waals surface area contributed by atoms with Crippen LogP contribution in [0.1, 0.15) is 56.9 Å². The Morgan fingerprint density at radius 3 is 1.45 bits per heavy atom. The van der Waals surface area contributed by atoms with Gasteiger partial charge in [-0.15, -0.1) is 0 Å². The van der Waals surface area contributed by atoms with Crippen molar-refractivity contribution in [1.82, 2.24) is 9.80 Å². The Labute approximate surface area is 283 Å². The molecule has 47 heavy (non-hydrogen) atoms. The number of rotatable bonds is 11. The molecular weight excluding hydrogens is 778 g/mol. The molecule has 1 aliphatic carbocycles. The van der Waals surface area contributed by atoms with Crippen molar-refractivity contribution in [2.24, 2.45) is 22.8 Å². The van der Waals surface area contributed by atoms with Crippen LogP contribution >= 0.6 is 31.9 Å². The molecule has 0 bridgehead atoms. The monoisotopic (exact) mass is 812 g/mol. The Hall–Kier alpha value is -2.77. The standard InChI is InChI=1S/C24H34Br2N4O3.2C2HF3O2/c25-19-13-17(14-20(26)15-19)16-24(18-7-1-2-8-18)21(31)29(11-5-3-9-27)23(33)30(22(24)32)12-6-4-10-28;2*3-2(4,5)1(6)7/h13-15,18H,1-12,16,27-28H2;2*(H,6,7). The lowest BCUT2D eigenvalue weighted by molar-refractivity contribution is -0.193. The molecule has 1 aromatic carbocycles. The summed E-state index contributed by atoms with van der Waals surface area (Å²) >= 11 is 7.06. The molecule has 0 spiro atoms. The molecule has 0 atom stereocenters. The van der Waals surface area contributed by atoms with E-state index in [9.17, 15) is 40.7 Å². The van der Waals surface area contributed by atoms with E-state index in [4.69, 9.17) is 31.3 Å². The zero-order valence-electron chi connectivity index (χ0n) is 25.0. The number of imide groups is 2. The van der Waals surface area contributed by atoms with Crippen LogP contribution < -0.4 is 11.5 Å². The van der Waals surface area contributed by atoms with Gasteiger partial charge in [0.05, 0.1) is 0 Å². The van der Waals surface area contributed by atoms with E-state index in [2.05, 4.69) is 31.9 Å². The highest BCUT2D eigenvalue weighted by atomic mass is 79.9. The van der Waals surface area contributed by atoms with Crippen LogP contribution in [-0.2, 0) is 25.6 Å². The van der Waals surface area contributed by atoms with Crippen molar-refractivity contribution < 1.29 is 60.5 Å². The number of benzene rings is 1. The second-order valence-electron chi connectivity index (χ2n) is 10.7. The number of unbranched alkanes of at least 4 members (excludes halogenated alkanes) is 2. The third kappa shape index (κ3) is 12.3. The van der Waals surface area contributed by atoms with E-state index < -0.39 is 35.7 Å². The van der Waals surface area contributed by atoms with Gasteiger partial charge in [-0.3, -0.25) is 19.4 Å². The van der Waals surface area contributed by atoms with Crippen molar-refractivity contribution in [3.05, 3.63) is 32.7 Å². The number of hydrogen-bond acceptors (Lipinski definition) is 7. The number of nitrogens with zero attached hydrogens (tertiary/aromatic N) is 2. The number of urea groups is 1. The van der Waals surface area contributed by atoms with E-state index in [1.165, 1.54) is 9.80 Å². The van der Waals surface area contributed by atoms with E-state index in [0.29, 0.717) is 38.8 Å². The average Bonchev–Trinajstić information content (AvgIpc) is 3.50. The van der Waals surface area contributed by atoms with Gasteiger partial charge in [0.2, 0.25) is 11.8 Å². The molecule has 1 heterocycles. The third-order valence-corrected chi connectivity index (χ3v) is 8.25. The Morgan fingerprint density at radius 2 is 1.13 bits per heavy atom. The predicted molar refractivity (Wildman–Crippen MR) is 163 cm³/mol. The molecule has 1 aliphatic heterocycles. The largest absolute Gasteiger partial charge is 0.490 e. The summed E-state index contributed by atoms with van der Waals surface area (Å²) in [5.41, 5.74) is 10.9. The Kier molecular flexibility index (Phi) is 16.8. The van der Waals surface area contributed by atoms with Gasteiger partial charge in [0, 0.05) is 22.0 Å². The van der Waals surface area contributed by atoms with Gasteiger partial charge in [-0.1, -0.05) is 44.7 Å². The van der Waals surface area contributed by atoms with Crippen LogP contribution in [0.25, 0.3) is 0 Å². The first-order chi connectivity index (χ1) is 21.7. The molecule has 4 amide bonds. The number of carbonyl (C=O) groups is 5. The van der Waals surface area contributed by atoms with Gasteiger partial charge in [0.25, 0.3) is 0 Å². The van der Waals surface area contributed by atoms with Crippen molar-refractivity contribution in [3.8, 4) is 0 Å². The molecule has 2 fully saturated rings. The van der Waals surface area contributed by atoms with Crippen LogP contribution in [0.3, 0.4) is 0 Å². The van der Waals surface area contributed by atoms with Gasteiger partial charge < -0.3 is 21.7 Å². The fourth-order valence-corrected chi connectivity index (χ4v) is 6.60. The number of carboxylic acids is 2. The van der Waals surface area contributed by atoms with Crippen LogP contribution in [0.2, 0.25) is 0 Å². The van der Waals surface area contributed by atoms with Crippen LogP contribution in [0, 0.1) is 11.3 Å². The highest BCUT2D eigenvalue weighted by Gasteiger charge is 2.60. The minimum Gasteiger partial charge on any atom is -0.475 e. The molecule has 0 radical (unpaired) electrons. The smallest absolute Gasteiger partial charge is 0.475 e. The Morgan fingerprint density at radius 1 is 0.766 bits per heavy atom. The number of amides is 4. The highest BCUT2D eigenvalue weighted by Crippen LogP contribution is 2.47. The SMILES string of the molecule is NCCCCN1C(=O)N(CCCCN)C(=O)C(Cc2cc(Br)cc(Br)c2)(C2CCCC2)C1=O.O=C(O)C(F)(F)F.O=C(O)C(F)(F)F. The normalized spacial score (nSPS) is 16.8. The van der Waals surface area contributed by atoms with Gasteiger partial charge in [0.1, 0.15) is 5.41 Å². The molecule has 2 aliphatic rings. The van der Waals surface area contributed by atoms with Gasteiger partial charge in [-0.05, 0) is 87.7 Å². The van der Waals surface area contributed by atoms with E-state index >= 15 is 0 Å². The molecule has 6 N–H and O–H groups in total. The number of barbiturate groups is 1. The molecule has 19 heteroatoms. The maximum atomic E-state index is 14.1. The second kappa shape index (κ2) is 18.7. The highest BCUT2D eigenvalue weighted by molar-refractivity contribution is 9.11. The lowest BCUT2D eigenvalue weighted by Crippen LogP contribution is -2.68.